The third-order valence-electron chi connectivity index (χ3n) is 2.66. The largest absolute Gasteiger partial charge is 0.355 e. The maximum atomic E-state index is 11.1. The van der Waals surface area contributed by atoms with E-state index in [1.54, 1.807) is 0 Å². The molecule has 0 saturated carbocycles. The Kier molecular flexibility index (Phi) is 4.50. The van der Waals surface area contributed by atoms with Crippen LogP contribution in [0.2, 0.25) is 5.15 Å². The number of aldehydes is 1. The second-order valence-corrected chi connectivity index (χ2v) is 5.18. The fraction of sp³-hybridized carbons (Fsp3) is 0.154. The van der Waals surface area contributed by atoms with Crippen LogP contribution in [0.3, 0.4) is 0 Å². The van der Waals surface area contributed by atoms with Crippen LogP contribution in [-0.2, 0) is 6.54 Å². The average Bonchev–Trinajstić information content (AvgIpc) is 2.41. The Balaban J connectivity index is 2.30. The topological polar surface area (TPSA) is 46.1 Å². The van der Waals surface area contributed by atoms with E-state index < -0.39 is 0 Å². The molecule has 0 aliphatic carbocycles. The molecule has 1 heterocycles. The van der Waals surface area contributed by atoms with E-state index in [0.717, 1.165) is 10.0 Å². The maximum absolute atomic E-state index is 11.1. The number of carbonyl (C=O) groups excluding carboxylic acids is 1. The van der Waals surface area contributed by atoms with Crippen molar-refractivity contribution in [2.75, 3.05) is 11.9 Å². The highest BCUT2D eigenvalue weighted by molar-refractivity contribution is 9.10. The molecule has 2 rings (SSSR count). The maximum Gasteiger partial charge on any atom is 0.156 e. The van der Waals surface area contributed by atoms with Gasteiger partial charge in [-0.2, -0.15) is 0 Å². The lowest BCUT2D eigenvalue weighted by Crippen LogP contribution is -2.20. The molecule has 0 amide bonds. The highest BCUT2D eigenvalue weighted by atomic mass is 79.9. The van der Waals surface area contributed by atoms with E-state index in [-0.39, 0.29) is 5.15 Å². The first-order chi connectivity index (χ1) is 9.13. The summed E-state index contributed by atoms with van der Waals surface area (Å²) in [5.74, 6) is 0.519. The highest BCUT2D eigenvalue weighted by Gasteiger charge is 2.14. The van der Waals surface area contributed by atoms with Crippen molar-refractivity contribution in [2.45, 2.75) is 6.54 Å². The number of rotatable bonds is 4. The Bertz CT molecular complexity index is 606. The van der Waals surface area contributed by atoms with Gasteiger partial charge in [0.15, 0.2) is 6.29 Å². The van der Waals surface area contributed by atoms with Crippen molar-refractivity contribution < 1.29 is 4.79 Å². The summed E-state index contributed by atoms with van der Waals surface area (Å²) in [5, 5.41) is 0.166. The number of hydrogen-bond acceptors (Lipinski definition) is 4. The Morgan fingerprint density at radius 2 is 2.11 bits per heavy atom. The second-order valence-electron chi connectivity index (χ2n) is 3.97. The molecule has 19 heavy (non-hydrogen) atoms. The Morgan fingerprint density at radius 3 is 2.79 bits per heavy atom. The van der Waals surface area contributed by atoms with Gasteiger partial charge in [-0.3, -0.25) is 4.79 Å². The van der Waals surface area contributed by atoms with Crippen LogP contribution < -0.4 is 4.90 Å². The van der Waals surface area contributed by atoms with Crippen molar-refractivity contribution in [3.05, 3.63) is 51.3 Å². The van der Waals surface area contributed by atoms with Crippen LogP contribution in [0.5, 0.6) is 0 Å². The van der Waals surface area contributed by atoms with E-state index >= 15 is 0 Å². The molecule has 0 aliphatic heterocycles. The van der Waals surface area contributed by atoms with Gasteiger partial charge in [0, 0.05) is 18.1 Å². The summed E-state index contributed by atoms with van der Waals surface area (Å²) < 4.78 is 1.01. The minimum Gasteiger partial charge on any atom is -0.355 e. The van der Waals surface area contributed by atoms with E-state index in [9.17, 15) is 4.79 Å². The average molecular weight is 341 g/mol. The van der Waals surface area contributed by atoms with Crippen molar-refractivity contribution in [2.24, 2.45) is 0 Å². The zero-order valence-electron chi connectivity index (χ0n) is 10.2. The molecule has 2 aromatic rings. The lowest BCUT2D eigenvalue weighted by atomic mass is 10.2. The summed E-state index contributed by atoms with van der Waals surface area (Å²) >= 11 is 9.38. The Hall–Kier alpha value is -1.46. The van der Waals surface area contributed by atoms with E-state index in [1.807, 2.05) is 36.2 Å². The molecule has 0 radical (unpaired) electrons. The number of benzene rings is 1. The first-order valence-corrected chi connectivity index (χ1v) is 6.70. The lowest BCUT2D eigenvalue weighted by molar-refractivity contribution is 0.112. The van der Waals surface area contributed by atoms with E-state index in [2.05, 4.69) is 25.9 Å². The van der Waals surface area contributed by atoms with E-state index in [1.165, 1.54) is 6.33 Å². The number of nitrogens with zero attached hydrogens (tertiary/aromatic N) is 3. The molecule has 1 aromatic heterocycles. The monoisotopic (exact) mass is 339 g/mol. The van der Waals surface area contributed by atoms with Crippen LogP contribution in [0.1, 0.15) is 15.9 Å². The molecule has 98 valence electrons. The quantitative estimate of drug-likeness (QED) is 0.632. The molecular formula is C13H11BrClN3O. The van der Waals surface area contributed by atoms with Crippen molar-refractivity contribution in [1.29, 1.82) is 0 Å². The molecule has 0 saturated heterocycles. The van der Waals surface area contributed by atoms with Gasteiger partial charge in [0.25, 0.3) is 0 Å². The van der Waals surface area contributed by atoms with Crippen LogP contribution in [0.25, 0.3) is 0 Å². The van der Waals surface area contributed by atoms with Gasteiger partial charge in [-0.15, -0.1) is 0 Å². The SMILES string of the molecule is CN(Cc1ccccc1Br)c1ncnc(Cl)c1C=O. The summed E-state index contributed by atoms with van der Waals surface area (Å²) in [6, 6.07) is 7.88. The Morgan fingerprint density at radius 1 is 1.37 bits per heavy atom. The minimum absolute atomic E-state index is 0.166. The van der Waals surface area contributed by atoms with Crippen molar-refractivity contribution in [3.8, 4) is 0 Å². The Labute approximate surface area is 124 Å². The fourth-order valence-electron chi connectivity index (χ4n) is 1.73. The molecule has 0 spiro atoms. The van der Waals surface area contributed by atoms with Gasteiger partial charge in [-0.1, -0.05) is 45.7 Å². The fourth-order valence-corrected chi connectivity index (χ4v) is 2.31. The molecule has 0 fully saturated rings. The van der Waals surface area contributed by atoms with Crippen molar-refractivity contribution >= 4 is 39.6 Å². The first-order valence-electron chi connectivity index (χ1n) is 5.53. The number of hydrogen-bond donors (Lipinski definition) is 0. The predicted molar refractivity (Wildman–Crippen MR) is 78.7 cm³/mol. The zero-order valence-corrected chi connectivity index (χ0v) is 12.5. The van der Waals surface area contributed by atoms with Crippen LogP contribution in [0.15, 0.2) is 35.1 Å². The normalized spacial score (nSPS) is 10.3. The van der Waals surface area contributed by atoms with Gasteiger partial charge in [0.2, 0.25) is 0 Å². The smallest absolute Gasteiger partial charge is 0.156 e. The molecule has 0 atom stereocenters. The predicted octanol–water partition coefficient (Wildman–Crippen LogP) is 3.34. The van der Waals surface area contributed by atoms with E-state index in [0.29, 0.717) is 24.2 Å². The standard InChI is InChI=1S/C13H11BrClN3O/c1-18(6-9-4-2-3-5-11(9)14)13-10(7-19)12(15)16-8-17-13/h2-5,7-8H,6H2,1H3. The van der Waals surface area contributed by atoms with Crippen LogP contribution >= 0.6 is 27.5 Å². The molecule has 6 heteroatoms. The molecule has 0 aliphatic rings. The van der Waals surface area contributed by atoms with Gasteiger partial charge >= 0.3 is 0 Å². The van der Waals surface area contributed by atoms with Crippen LogP contribution in [-0.4, -0.2) is 23.3 Å². The summed E-state index contributed by atoms with van der Waals surface area (Å²) in [6.45, 7) is 0.607. The molecular weight excluding hydrogens is 330 g/mol. The number of aromatic nitrogens is 2. The molecule has 4 nitrogen and oxygen atoms in total. The van der Waals surface area contributed by atoms with Gasteiger partial charge in [0.05, 0.1) is 5.56 Å². The third kappa shape index (κ3) is 3.11. The molecule has 0 bridgehead atoms. The van der Waals surface area contributed by atoms with Gasteiger partial charge in [-0.05, 0) is 11.6 Å². The van der Waals surface area contributed by atoms with E-state index in [4.69, 9.17) is 11.6 Å². The van der Waals surface area contributed by atoms with Gasteiger partial charge in [-0.25, -0.2) is 9.97 Å². The molecule has 0 N–H and O–H groups in total. The highest BCUT2D eigenvalue weighted by Crippen LogP contribution is 2.24. The van der Waals surface area contributed by atoms with Gasteiger partial charge in [0.1, 0.15) is 17.3 Å². The first kappa shape index (κ1) is 14.0. The summed E-state index contributed by atoms with van der Waals surface area (Å²) in [4.78, 5) is 20.9. The molecule has 0 unspecified atom stereocenters. The van der Waals surface area contributed by atoms with Crippen LogP contribution in [0, 0.1) is 0 Å². The lowest BCUT2D eigenvalue weighted by Gasteiger charge is -2.20. The third-order valence-corrected chi connectivity index (χ3v) is 3.73. The van der Waals surface area contributed by atoms with Crippen LogP contribution in [0.4, 0.5) is 5.82 Å². The number of halogens is 2. The summed E-state index contributed by atoms with van der Waals surface area (Å²) in [7, 11) is 1.85. The van der Waals surface area contributed by atoms with Crippen molar-refractivity contribution in [1.82, 2.24) is 9.97 Å². The number of anilines is 1. The summed E-state index contributed by atoms with van der Waals surface area (Å²) in [5.41, 5.74) is 1.40. The second kappa shape index (κ2) is 6.12. The molecule has 1 aromatic carbocycles. The summed E-state index contributed by atoms with van der Waals surface area (Å²) in [6.07, 6.45) is 2.02. The number of carbonyl (C=O) groups is 1. The zero-order chi connectivity index (χ0) is 13.8. The van der Waals surface area contributed by atoms with Crippen molar-refractivity contribution in [3.63, 3.8) is 0 Å². The van der Waals surface area contributed by atoms with Gasteiger partial charge < -0.3 is 4.90 Å². The minimum atomic E-state index is 0.166.